The van der Waals surface area contributed by atoms with Gasteiger partial charge in [-0.05, 0) is 12.3 Å². The highest BCUT2D eigenvalue weighted by atomic mass is 32.2. The summed E-state index contributed by atoms with van der Waals surface area (Å²) in [7, 11) is -2.18. The molecule has 1 aliphatic heterocycles. The van der Waals surface area contributed by atoms with Crippen molar-refractivity contribution < 1.29 is 22.7 Å². The maximum atomic E-state index is 12.2. The number of esters is 1. The van der Waals surface area contributed by atoms with Crippen LogP contribution in [0.25, 0.3) is 0 Å². The molecular weight excluding hydrogens is 258 g/mol. The second-order valence-electron chi connectivity index (χ2n) is 4.72. The van der Waals surface area contributed by atoms with Crippen LogP contribution < -0.4 is 0 Å². The fourth-order valence-corrected chi connectivity index (χ4v) is 3.64. The van der Waals surface area contributed by atoms with Crippen molar-refractivity contribution >= 4 is 16.0 Å². The van der Waals surface area contributed by atoms with Gasteiger partial charge in [0.15, 0.2) is 0 Å². The smallest absolute Gasteiger partial charge is 0.326 e. The molecule has 106 valence electrons. The topological polar surface area (TPSA) is 72.9 Å². The average molecular weight is 279 g/mol. The Morgan fingerprint density at radius 3 is 2.72 bits per heavy atom. The predicted molar refractivity (Wildman–Crippen MR) is 66.6 cm³/mol. The molecule has 0 radical (unpaired) electrons. The molecular formula is C11H21NO5S. The van der Waals surface area contributed by atoms with E-state index in [1.165, 1.54) is 11.4 Å². The number of carbonyl (C=O) groups is 1. The van der Waals surface area contributed by atoms with E-state index in [1.54, 1.807) is 0 Å². The normalized spacial score (nSPS) is 22.1. The van der Waals surface area contributed by atoms with Crippen LogP contribution in [0.2, 0.25) is 0 Å². The molecule has 0 aromatic carbocycles. The molecule has 0 saturated carbocycles. The van der Waals surface area contributed by atoms with E-state index in [1.807, 2.05) is 13.8 Å². The number of nitrogens with zero attached hydrogens (tertiary/aromatic N) is 1. The summed E-state index contributed by atoms with van der Waals surface area (Å²) in [6, 6.07) is -0.846. The number of hydrogen-bond donors (Lipinski definition) is 0. The second kappa shape index (κ2) is 6.49. The first-order chi connectivity index (χ1) is 8.38. The molecule has 0 amide bonds. The number of hydrogen-bond acceptors (Lipinski definition) is 5. The molecule has 0 bridgehead atoms. The first-order valence-electron chi connectivity index (χ1n) is 6.03. The summed E-state index contributed by atoms with van der Waals surface area (Å²) in [6.45, 7) is 4.52. The molecule has 0 aromatic rings. The summed E-state index contributed by atoms with van der Waals surface area (Å²) in [5.41, 5.74) is 0. The third-order valence-corrected chi connectivity index (χ3v) is 4.77. The quantitative estimate of drug-likeness (QED) is 0.674. The standard InChI is InChI=1S/C11H21NO5S/c1-9(2)4-7-18(14,15)12-5-6-17-8-10(12)11(13)16-3/h9-10H,4-8H2,1-3H3. The largest absolute Gasteiger partial charge is 0.468 e. The molecule has 0 spiro atoms. The summed E-state index contributed by atoms with van der Waals surface area (Å²) in [5, 5.41) is 0. The Bertz CT molecular complexity index is 379. The molecule has 0 aliphatic carbocycles. The maximum Gasteiger partial charge on any atom is 0.326 e. The van der Waals surface area contributed by atoms with Gasteiger partial charge in [0.1, 0.15) is 6.04 Å². The van der Waals surface area contributed by atoms with Crippen LogP contribution in [0.4, 0.5) is 0 Å². The van der Waals surface area contributed by atoms with Gasteiger partial charge in [0, 0.05) is 6.54 Å². The van der Waals surface area contributed by atoms with Crippen LogP contribution in [0.3, 0.4) is 0 Å². The lowest BCUT2D eigenvalue weighted by molar-refractivity contribution is -0.149. The van der Waals surface area contributed by atoms with E-state index < -0.39 is 22.0 Å². The summed E-state index contributed by atoms with van der Waals surface area (Å²) < 4.78 is 35.3. The molecule has 7 heteroatoms. The number of sulfonamides is 1. The molecule has 1 unspecified atom stereocenters. The molecule has 1 rings (SSSR count). The van der Waals surface area contributed by atoms with Gasteiger partial charge < -0.3 is 9.47 Å². The highest BCUT2D eigenvalue weighted by Gasteiger charge is 2.37. The molecule has 18 heavy (non-hydrogen) atoms. The first-order valence-corrected chi connectivity index (χ1v) is 7.64. The third-order valence-electron chi connectivity index (χ3n) is 2.86. The molecule has 0 N–H and O–H groups in total. The Labute approximate surface area is 108 Å². The summed E-state index contributed by atoms with van der Waals surface area (Å²) >= 11 is 0. The monoisotopic (exact) mass is 279 g/mol. The van der Waals surface area contributed by atoms with Crippen LogP contribution in [-0.4, -0.2) is 57.4 Å². The van der Waals surface area contributed by atoms with E-state index >= 15 is 0 Å². The van der Waals surface area contributed by atoms with Crippen LogP contribution >= 0.6 is 0 Å². The Balaban J connectivity index is 2.79. The van der Waals surface area contributed by atoms with E-state index in [9.17, 15) is 13.2 Å². The number of methoxy groups -OCH3 is 1. The van der Waals surface area contributed by atoms with Gasteiger partial charge >= 0.3 is 5.97 Å². The SMILES string of the molecule is COC(=O)C1COCCN1S(=O)(=O)CCC(C)C. The van der Waals surface area contributed by atoms with Gasteiger partial charge in [0.25, 0.3) is 0 Å². The molecule has 1 aliphatic rings. The van der Waals surface area contributed by atoms with Crippen molar-refractivity contribution in [3.8, 4) is 0 Å². The summed E-state index contributed by atoms with van der Waals surface area (Å²) in [5.74, 6) is -0.210. The van der Waals surface area contributed by atoms with Crippen molar-refractivity contribution in [2.75, 3.05) is 32.6 Å². The van der Waals surface area contributed by atoms with Crippen LogP contribution in [-0.2, 0) is 24.3 Å². The zero-order valence-corrected chi connectivity index (χ0v) is 11.9. The van der Waals surface area contributed by atoms with Crippen molar-refractivity contribution in [2.24, 2.45) is 5.92 Å². The van der Waals surface area contributed by atoms with Gasteiger partial charge in [-0.3, -0.25) is 4.79 Å². The van der Waals surface area contributed by atoms with Crippen molar-refractivity contribution in [3.05, 3.63) is 0 Å². The Kier molecular flexibility index (Phi) is 5.55. The van der Waals surface area contributed by atoms with Crippen LogP contribution in [0.1, 0.15) is 20.3 Å². The van der Waals surface area contributed by atoms with Gasteiger partial charge in [-0.15, -0.1) is 0 Å². The minimum absolute atomic E-state index is 0.0537. The second-order valence-corrected chi connectivity index (χ2v) is 6.76. The Morgan fingerprint density at radius 1 is 1.50 bits per heavy atom. The van der Waals surface area contributed by atoms with E-state index in [-0.39, 0.29) is 18.9 Å². The zero-order chi connectivity index (χ0) is 13.8. The lowest BCUT2D eigenvalue weighted by atomic mass is 10.2. The van der Waals surface area contributed by atoms with Gasteiger partial charge in [0.2, 0.25) is 10.0 Å². The summed E-state index contributed by atoms with van der Waals surface area (Å²) in [6.07, 6.45) is 0.577. The zero-order valence-electron chi connectivity index (χ0n) is 11.1. The lowest BCUT2D eigenvalue weighted by Crippen LogP contribution is -2.53. The number of morpholine rings is 1. The van der Waals surface area contributed by atoms with Crippen molar-refractivity contribution in [1.82, 2.24) is 4.31 Å². The van der Waals surface area contributed by atoms with Gasteiger partial charge in [0.05, 0.1) is 26.1 Å². The minimum Gasteiger partial charge on any atom is -0.468 e. The van der Waals surface area contributed by atoms with E-state index in [4.69, 9.17) is 4.74 Å². The third kappa shape index (κ3) is 3.93. The molecule has 1 fully saturated rings. The highest BCUT2D eigenvalue weighted by Crippen LogP contribution is 2.16. The van der Waals surface area contributed by atoms with Crippen LogP contribution in [0.5, 0.6) is 0 Å². The predicted octanol–water partition coefficient (Wildman–Crippen LogP) is 0.236. The molecule has 1 atom stereocenters. The van der Waals surface area contributed by atoms with Gasteiger partial charge in [-0.2, -0.15) is 4.31 Å². The fraction of sp³-hybridized carbons (Fsp3) is 0.909. The van der Waals surface area contributed by atoms with Gasteiger partial charge in [-0.1, -0.05) is 13.8 Å². The number of ether oxygens (including phenoxy) is 2. The molecule has 0 aromatic heterocycles. The number of rotatable bonds is 5. The number of carbonyl (C=O) groups excluding carboxylic acids is 1. The Morgan fingerprint density at radius 2 is 2.17 bits per heavy atom. The van der Waals surface area contributed by atoms with Crippen molar-refractivity contribution in [2.45, 2.75) is 26.3 Å². The summed E-state index contributed by atoms with van der Waals surface area (Å²) in [4.78, 5) is 11.6. The van der Waals surface area contributed by atoms with Crippen molar-refractivity contribution in [3.63, 3.8) is 0 Å². The maximum absolute atomic E-state index is 12.2. The van der Waals surface area contributed by atoms with Gasteiger partial charge in [-0.25, -0.2) is 8.42 Å². The highest BCUT2D eigenvalue weighted by molar-refractivity contribution is 7.89. The fourth-order valence-electron chi connectivity index (χ4n) is 1.74. The first kappa shape index (κ1) is 15.4. The van der Waals surface area contributed by atoms with E-state index in [2.05, 4.69) is 4.74 Å². The molecule has 1 heterocycles. The lowest BCUT2D eigenvalue weighted by Gasteiger charge is -2.32. The molecule has 6 nitrogen and oxygen atoms in total. The molecule has 1 saturated heterocycles. The van der Waals surface area contributed by atoms with Crippen molar-refractivity contribution in [1.29, 1.82) is 0 Å². The van der Waals surface area contributed by atoms with E-state index in [0.29, 0.717) is 18.9 Å². The Hall–Kier alpha value is -0.660. The van der Waals surface area contributed by atoms with Crippen LogP contribution in [0, 0.1) is 5.92 Å². The van der Waals surface area contributed by atoms with E-state index in [0.717, 1.165) is 0 Å². The minimum atomic E-state index is -3.43. The van der Waals surface area contributed by atoms with Crippen LogP contribution in [0.15, 0.2) is 0 Å². The average Bonchev–Trinajstić information content (AvgIpc) is 2.35.